The lowest BCUT2D eigenvalue weighted by atomic mass is 9.98. The van der Waals surface area contributed by atoms with Gasteiger partial charge in [0.15, 0.2) is 17.9 Å². The van der Waals surface area contributed by atoms with Crippen molar-refractivity contribution in [1.82, 2.24) is 15.5 Å². The molecule has 4 aromatic carbocycles. The van der Waals surface area contributed by atoms with Gasteiger partial charge in [-0.05, 0) is 67.6 Å². The third-order valence-corrected chi connectivity index (χ3v) is 9.71. The topological polar surface area (TPSA) is 147 Å². The number of carboxylic acid groups (broad SMARTS) is 1. The molecule has 0 heterocycles. The van der Waals surface area contributed by atoms with Gasteiger partial charge >= 0.3 is 12.2 Å². The van der Waals surface area contributed by atoms with Crippen molar-refractivity contribution < 1.29 is 47.3 Å². The summed E-state index contributed by atoms with van der Waals surface area (Å²) in [5.41, 5.74) is 4.32. The highest BCUT2D eigenvalue weighted by Gasteiger charge is 2.39. The monoisotopic (exact) mass is 786 g/mol. The predicted octanol–water partition coefficient (Wildman–Crippen LogP) is 7.07. The van der Waals surface area contributed by atoms with Crippen molar-refractivity contribution in [1.29, 1.82) is 0 Å². The van der Waals surface area contributed by atoms with Crippen LogP contribution in [0.2, 0.25) is 0 Å². The molecule has 0 radical (unpaired) electrons. The molecule has 0 spiro atoms. The van der Waals surface area contributed by atoms with Gasteiger partial charge in [0.2, 0.25) is 5.91 Å². The Morgan fingerprint density at radius 2 is 1.40 bits per heavy atom. The van der Waals surface area contributed by atoms with Crippen LogP contribution in [0, 0.1) is 11.6 Å². The van der Waals surface area contributed by atoms with Crippen molar-refractivity contribution in [2.24, 2.45) is 0 Å². The van der Waals surface area contributed by atoms with E-state index in [1.165, 1.54) is 6.92 Å². The van der Waals surface area contributed by atoms with E-state index in [0.29, 0.717) is 18.8 Å². The number of hydrogen-bond donors (Lipinski definition) is 3. The minimum absolute atomic E-state index is 0.0467. The summed E-state index contributed by atoms with van der Waals surface area (Å²) in [5, 5.41) is 15.9. The summed E-state index contributed by atoms with van der Waals surface area (Å²) >= 11 is 0. The molecule has 0 aliphatic heterocycles. The molecule has 0 saturated carbocycles. The van der Waals surface area contributed by atoms with E-state index in [2.05, 4.69) is 10.6 Å². The summed E-state index contributed by atoms with van der Waals surface area (Å²) < 4.78 is 45.9. The van der Waals surface area contributed by atoms with Crippen molar-refractivity contribution in [3.8, 4) is 11.1 Å². The minimum Gasteiger partial charge on any atom is -0.465 e. The number of rotatable bonds is 18. The predicted molar refractivity (Wildman–Crippen MR) is 209 cm³/mol. The number of alkyl carbamates (subject to hydrolysis) is 1. The number of carbonyl (C=O) groups excluding carboxylic acids is 3. The Balaban J connectivity index is 1.42. The Bertz CT molecular complexity index is 1970. The number of ether oxygens (including phenoxy) is 3. The van der Waals surface area contributed by atoms with Gasteiger partial charge in [0, 0.05) is 49.9 Å². The van der Waals surface area contributed by atoms with E-state index in [4.69, 9.17) is 14.2 Å². The number of fused-ring (bicyclic) bond motifs is 3. The molecule has 4 amide bonds. The van der Waals surface area contributed by atoms with Crippen LogP contribution in [0.3, 0.4) is 0 Å². The molecule has 0 bridgehead atoms. The second-order valence-corrected chi connectivity index (χ2v) is 13.6. The highest BCUT2D eigenvalue weighted by atomic mass is 19.2. The lowest BCUT2D eigenvalue weighted by Crippen LogP contribution is -2.59. The molecule has 1 aliphatic carbocycles. The van der Waals surface area contributed by atoms with Gasteiger partial charge in [-0.3, -0.25) is 19.4 Å². The molecule has 4 aromatic rings. The van der Waals surface area contributed by atoms with Crippen molar-refractivity contribution in [2.75, 3.05) is 31.3 Å². The zero-order valence-electron chi connectivity index (χ0n) is 32.3. The first-order valence-corrected chi connectivity index (χ1v) is 18.9. The summed E-state index contributed by atoms with van der Waals surface area (Å²) in [6.45, 7) is 6.51. The van der Waals surface area contributed by atoms with Gasteiger partial charge in [-0.1, -0.05) is 78.9 Å². The summed E-state index contributed by atoms with van der Waals surface area (Å²) in [4.78, 5) is 56.6. The summed E-state index contributed by atoms with van der Waals surface area (Å²) in [5.74, 6) is -4.43. The molecule has 14 heteroatoms. The fraction of sp³-hybridized carbons (Fsp3) is 0.349. The van der Waals surface area contributed by atoms with E-state index in [1.54, 1.807) is 51.1 Å². The SMILES string of the molecule is CCOC(CC(C)NC(=O)C(C)N(C(=O)C(CNC(=O)OCC1c2ccccc2-c2ccccc21)N(Cc1ccccc1)C(=O)O)c1ccc(F)c(F)c1)OCC. The third-order valence-electron chi connectivity index (χ3n) is 9.71. The van der Waals surface area contributed by atoms with Crippen LogP contribution in [-0.4, -0.2) is 84.8 Å². The first kappa shape index (κ1) is 42.3. The van der Waals surface area contributed by atoms with E-state index >= 15 is 0 Å². The zero-order chi connectivity index (χ0) is 41.1. The Morgan fingerprint density at radius 3 is 1.98 bits per heavy atom. The Morgan fingerprint density at radius 1 is 0.807 bits per heavy atom. The third kappa shape index (κ3) is 10.5. The largest absolute Gasteiger partial charge is 0.465 e. The zero-order valence-corrected chi connectivity index (χ0v) is 32.3. The minimum atomic E-state index is -1.68. The molecule has 5 rings (SSSR count). The van der Waals surface area contributed by atoms with E-state index < -0.39 is 66.6 Å². The Labute approximate surface area is 330 Å². The van der Waals surface area contributed by atoms with Crippen LogP contribution in [0.1, 0.15) is 56.7 Å². The lowest BCUT2D eigenvalue weighted by molar-refractivity contribution is -0.144. The standard InChI is InChI=1S/C43H48F2N4O8/c1-5-55-39(56-6-2)22-27(3)47-40(50)28(4)49(30-20-21-36(44)37(45)23-30)41(51)38(48(43(53)54)25-29-14-8-7-9-15-29)24-46-42(52)57-26-35-33-18-12-10-16-31(33)32-17-11-13-19-34(32)35/h7-21,23,27-28,35,38-39H,5-6,22,24-26H2,1-4H3,(H,46,52)(H,47,50)(H,53,54). The van der Waals surface area contributed by atoms with Crippen molar-refractivity contribution in [2.45, 2.75) is 71.0 Å². The van der Waals surface area contributed by atoms with E-state index in [9.17, 15) is 33.1 Å². The molecular weight excluding hydrogens is 738 g/mol. The maximum absolute atomic E-state index is 14.8. The Hall–Kier alpha value is -5.86. The number of carbonyl (C=O) groups is 4. The normalized spacial score (nSPS) is 13.5. The van der Waals surface area contributed by atoms with Crippen molar-refractivity contribution in [3.63, 3.8) is 0 Å². The smallest absolute Gasteiger partial charge is 0.408 e. The second-order valence-electron chi connectivity index (χ2n) is 13.6. The van der Waals surface area contributed by atoms with Crippen molar-refractivity contribution >= 4 is 29.7 Å². The number of anilines is 1. The number of nitrogens with one attached hydrogen (secondary N) is 2. The van der Waals surface area contributed by atoms with Gasteiger partial charge in [0.05, 0.1) is 6.54 Å². The van der Waals surface area contributed by atoms with Gasteiger partial charge < -0.3 is 30.0 Å². The maximum atomic E-state index is 14.8. The van der Waals surface area contributed by atoms with Gasteiger partial charge in [-0.2, -0.15) is 0 Å². The molecule has 0 aromatic heterocycles. The average Bonchev–Trinajstić information content (AvgIpc) is 3.52. The summed E-state index contributed by atoms with van der Waals surface area (Å²) in [7, 11) is 0. The van der Waals surface area contributed by atoms with Gasteiger partial charge in [-0.25, -0.2) is 18.4 Å². The Kier molecular flexibility index (Phi) is 14.7. The first-order chi connectivity index (χ1) is 27.4. The summed E-state index contributed by atoms with van der Waals surface area (Å²) in [6, 6.07) is 23.1. The molecule has 1 aliphatic rings. The average molecular weight is 787 g/mol. The quantitative estimate of drug-likeness (QED) is 0.0909. The molecule has 12 nitrogen and oxygen atoms in total. The maximum Gasteiger partial charge on any atom is 0.408 e. The molecule has 3 N–H and O–H groups in total. The van der Waals surface area contributed by atoms with Crippen LogP contribution in [0.15, 0.2) is 97.1 Å². The number of hydrogen-bond acceptors (Lipinski definition) is 7. The van der Waals surface area contributed by atoms with Gasteiger partial charge in [0.25, 0.3) is 5.91 Å². The van der Waals surface area contributed by atoms with Gasteiger partial charge in [0.1, 0.15) is 18.7 Å². The lowest BCUT2D eigenvalue weighted by Gasteiger charge is -2.36. The highest BCUT2D eigenvalue weighted by molar-refractivity contribution is 6.04. The molecule has 0 saturated heterocycles. The molecule has 3 unspecified atom stereocenters. The first-order valence-electron chi connectivity index (χ1n) is 18.9. The second kappa shape index (κ2) is 19.8. The highest BCUT2D eigenvalue weighted by Crippen LogP contribution is 2.44. The number of halogens is 2. The van der Waals surface area contributed by atoms with Crippen LogP contribution in [0.5, 0.6) is 0 Å². The van der Waals surface area contributed by atoms with Crippen LogP contribution in [0.25, 0.3) is 11.1 Å². The van der Waals surface area contributed by atoms with Crippen LogP contribution >= 0.6 is 0 Å². The van der Waals surface area contributed by atoms with Crippen molar-refractivity contribution in [3.05, 3.63) is 125 Å². The van der Waals surface area contributed by atoms with Crippen LogP contribution in [0.4, 0.5) is 24.1 Å². The number of benzene rings is 4. The molecule has 57 heavy (non-hydrogen) atoms. The number of nitrogens with zero attached hydrogens (tertiary/aromatic N) is 2. The fourth-order valence-corrected chi connectivity index (χ4v) is 6.97. The van der Waals surface area contributed by atoms with E-state index in [-0.39, 0.29) is 31.2 Å². The molecule has 302 valence electrons. The molecule has 3 atom stereocenters. The van der Waals surface area contributed by atoms with E-state index in [1.807, 2.05) is 48.5 Å². The van der Waals surface area contributed by atoms with E-state index in [0.717, 1.165) is 50.3 Å². The van der Waals surface area contributed by atoms with Crippen LogP contribution < -0.4 is 15.5 Å². The van der Waals surface area contributed by atoms with Gasteiger partial charge in [-0.15, -0.1) is 0 Å². The van der Waals surface area contributed by atoms with Crippen LogP contribution in [-0.2, 0) is 30.3 Å². The molecule has 0 fully saturated rings. The fourth-order valence-electron chi connectivity index (χ4n) is 6.97. The number of amides is 4. The molecular formula is C43H48F2N4O8. The summed E-state index contributed by atoms with van der Waals surface area (Å²) in [6.07, 6.45) is -2.79.